The topological polar surface area (TPSA) is 116 Å². The molecule has 0 saturated carbocycles. The van der Waals surface area contributed by atoms with Gasteiger partial charge in [0.1, 0.15) is 34.0 Å². The number of aromatic hydroxyl groups is 2. The quantitative estimate of drug-likeness (QED) is 0.357. The molecule has 3 N–H and O–H groups in total. The average molecular weight is 463 g/mol. The Morgan fingerprint density at radius 2 is 1.68 bits per heavy atom. The number of hydrogen-bond donors (Lipinski definition) is 3. The van der Waals surface area contributed by atoms with Gasteiger partial charge in [-0.3, -0.25) is 14.4 Å². The second-order valence-corrected chi connectivity index (χ2v) is 8.95. The van der Waals surface area contributed by atoms with Crippen LogP contribution < -0.4 is 15.0 Å². The second kappa shape index (κ2) is 7.76. The van der Waals surface area contributed by atoms with Gasteiger partial charge in [-0.15, -0.1) is 0 Å². The molecule has 4 rings (SSSR count). The Morgan fingerprint density at radius 3 is 2.24 bits per heavy atom. The minimum absolute atomic E-state index is 0.00665. The van der Waals surface area contributed by atoms with E-state index in [1.54, 1.807) is 13.8 Å². The van der Waals surface area contributed by atoms with Crippen molar-refractivity contribution >= 4 is 28.7 Å². The zero-order valence-electron chi connectivity index (χ0n) is 19.9. The highest BCUT2D eigenvalue weighted by molar-refractivity contribution is 6.31. The number of rotatable bonds is 4. The summed E-state index contributed by atoms with van der Waals surface area (Å²) in [6, 6.07) is 7.49. The summed E-state index contributed by atoms with van der Waals surface area (Å²) >= 11 is 0. The minimum Gasteiger partial charge on any atom is -0.507 e. The fourth-order valence-corrected chi connectivity index (χ4v) is 4.48. The molecule has 0 unspecified atom stereocenters. The third-order valence-electron chi connectivity index (χ3n) is 6.48. The molecule has 0 radical (unpaired) electrons. The highest BCUT2D eigenvalue weighted by Gasteiger charge is 2.56. The van der Waals surface area contributed by atoms with Crippen LogP contribution in [0.25, 0.3) is 0 Å². The van der Waals surface area contributed by atoms with E-state index in [9.17, 15) is 24.6 Å². The molecule has 0 spiro atoms. The van der Waals surface area contributed by atoms with Gasteiger partial charge in [-0.2, -0.15) is 0 Å². The number of nitrogens with one attached hydrogen (secondary N) is 1. The van der Waals surface area contributed by atoms with Crippen molar-refractivity contribution in [3.05, 3.63) is 64.1 Å². The van der Waals surface area contributed by atoms with Gasteiger partial charge in [-0.1, -0.05) is 0 Å². The van der Waals surface area contributed by atoms with Gasteiger partial charge >= 0.3 is 0 Å². The van der Waals surface area contributed by atoms with E-state index in [-0.39, 0.29) is 39.5 Å². The van der Waals surface area contributed by atoms with Gasteiger partial charge in [0.15, 0.2) is 17.3 Å². The highest BCUT2D eigenvalue weighted by Crippen LogP contribution is 2.57. The van der Waals surface area contributed by atoms with Crippen molar-refractivity contribution in [2.75, 3.05) is 24.3 Å². The Kier molecular flexibility index (Phi) is 5.27. The molecular weight excluding hydrogens is 436 g/mol. The lowest BCUT2D eigenvalue weighted by atomic mass is 9.70. The molecule has 0 saturated heterocycles. The zero-order valence-corrected chi connectivity index (χ0v) is 19.9. The van der Waals surface area contributed by atoms with E-state index in [2.05, 4.69) is 5.32 Å². The summed E-state index contributed by atoms with van der Waals surface area (Å²) in [6.07, 6.45) is 1.20. The minimum atomic E-state index is -1.54. The molecule has 8 nitrogen and oxygen atoms in total. The Morgan fingerprint density at radius 1 is 1.06 bits per heavy atom. The number of phenolic OH excluding ortho intramolecular Hbond substituents is 2. The van der Waals surface area contributed by atoms with Crippen LogP contribution in [-0.4, -0.2) is 41.7 Å². The molecule has 1 aliphatic carbocycles. The van der Waals surface area contributed by atoms with Crippen LogP contribution in [0.1, 0.15) is 42.3 Å². The molecule has 0 amide bonds. The van der Waals surface area contributed by atoms with Gasteiger partial charge in [-0.25, -0.2) is 0 Å². The number of hydrogen-bond acceptors (Lipinski definition) is 8. The Balaban J connectivity index is 1.85. The smallest absolute Gasteiger partial charge is 0.194 e. The third-order valence-corrected chi connectivity index (χ3v) is 6.48. The maximum absolute atomic E-state index is 13.8. The predicted octanol–water partition coefficient (Wildman–Crippen LogP) is 3.75. The van der Waals surface area contributed by atoms with Gasteiger partial charge in [0.2, 0.25) is 0 Å². The first kappa shape index (κ1) is 23.1. The summed E-state index contributed by atoms with van der Waals surface area (Å²) in [4.78, 5) is 41.0. The lowest BCUT2D eigenvalue weighted by Gasteiger charge is -2.29. The lowest BCUT2D eigenvalue weighted by molar-refractivity contribution is -0.123. The number of carbonyl (C=O) groups excluding carboxylic acids is 3. The Bertz CT molecular complexity index is 1330. The summed E-state index contributed by atoms with van der Waals surface area (Å²) in [7, 11) is 3.85. The van der Waals surface area contributed by atoms with E-state index in [4.69, 9.17) is 4.74 Å². The predicted molar refractivity (Wildman–Crippen MR) is 128 cm³/mol. The molecule has 1 heterocycles. The summed E-state index contributed by atoms with van der Waals surface area (Å²) in [5.41, 5.74) is 0.413. The summed E-state index contributed by atoms with van der Waals surface area (Å²) in [5.74, 6) is -2.48. The number of Topliss-reactive ketones (excluding diaryl/α,β-unsaturated/α-hetero) is 2. The standard InChI is InChI=1S/C26H26N2O6/c1-12-22(31)20(14(3)29)24-21(23(12)32)26(4)18(34-24)11-17(30)19(25(26)33)13(2)27-15-7-9-16(10-8-15)28(5)6/h7-11,27,31-32H,1-6H3/b19-13+/t26-/m0/s1. The van der Waals surface area contributed by atoms with Crippen molar-refractivity contribution in [3.63, 3.8) is 0 Å². The normalized spacial score (nSPS) is 20.2. The van der Waals surface area contributed by atoms with Crippen molar-refractivity contribution in [1.29, 1.82) is 0 Å². The van der Waals surface area contributed by atoms with Crippen molar-refractivity contribution < 1.29 is 29.3 Å². The third kappa shape index (κ3) is 3.17. The maximum Gasteiger partial charge on any atom is 0.194 e. The van der Waals surface area contributed by atoms with Crippen LogP contribution >= 0.6 is 0 Å². The molecule has 0 aromatic heterocycles. The molecule has 1 aliphatic heterocycles. The van der Waals surface area contributed by atoms with Crippen molar-refractivity contribution in [2.24, 2.45) is 0 Å². The second-order valence-electron chi connectivity index (χ2n) is 8.95. The Labute approximate surface area is 197 Å². The first-order valence-electron chi connectivity index (χ1n) is 10.7. The molecular formula is C26H26N2O6. The van der Waals surface area contributed by atoms with Crippen LogP contribution in [0.15, 0.2) is 47.4 Å². The zero-order chi connectivity index (χ0) is 25.1. The van der Waals surface area contributed by atoms with Crippen molar-refractivity contribution in [1.82, 2.24) is 0 Å². The number of phenols is 2. The van der Waals surface area contributed by atoms with E-state index < -0.39 is 28.5 Å². The number of benzene rings is 2. The molecule has 1 atom stereocenters. The van der Waals surface area contributed by atoms with Gasteiger partial charge in [0.25, 0.3) is 0 Å². The van der Waals surface area contributed by atoms with E-state index in [0.717, 1.165) is 5.69 Å². The Hall–Kier alpha value is -4.07. The van der Waals surface area contributed by atoms with E-state index in [0.29, 0.717) is 11.4 Å². The fraction of sp³-hybridized carbons (Fsp3) is 0.269. The largest absolute Gasteiger partial charge is 0.507 e. The number of nitrogens with zero attached hydrogens (tertiary/aromatic N) is 1. The van der Waals surface area contributed by atoms with Crippen LogP contribution in [0.4, 0.5) is 11.4 Å². The number of ketones is 3. The number of ether oxygens (including phenoxy) is 1. The molecule has 2 aromatic carbocycles. The summed E-state index contributed by atoms with van der Waals surface area (Å²) < 4.78 is 5.78. The SMILES string of the molecule is CC(=O)c1c(O)c(C)c(O)c2c1OC1=CC(=O)/C(=C(/C)Nc3ccc(N(C)C)cc3)C(=O)[C@@]12C. The first-order valence-corrected chi connectivity index (χ1v) is 10.7. The highest BCUT2D eigenvalue weighted by atomic mass is 16.5. The van der Waals surface area contributed by atoms with E-state index >= 15 is 0 Å². The number of anilines is 2. The van der Waals surface area contributed by atoms with Crippen LogP contribution in [0.3, 0.4) is 0 Å². The van der Waals surface area contributed by atoms with Gasteiger partial charge < -0.3 is 25.2 Å². The van der Waals surface area contributed by atoms with Gasteiger partial charge in [0.05, 0.1) is 11.1 Å². The number of carbonyl (C=O) groups is 3. The van der Waals surface area contributed by atoms with E-state index in [1.807, 2.05) is 43.3 Å². The van der Waals surface area contributed by atoms with Gasteiger partial charge in [-0.05, 0) is 52.0 Å². The molecule has 2 aliphatic rings. The van der Waals surface area contributed by atoms with Crippen molar-refractivity contribution in [3.8, 4) is 17.2 Å². The summed E-state index contributed by atoms with van der Waals surface area (Å²) in [6.45, 7) is 5.87. The van der Waals surface area contributed by atoms with Crippen LogP contribution in [0.2, 0.25) is 0 Å². The molecule has 176 valence electrons. The molecule has 34 heavy (non-hydrogen) atoms. The first-order chi connectivity index (χ1) is 15.9. The van der Waals surface area contributed by atoms with Crippen molar-refractivity contribution in [2.45, 2.75) is 33.1 Å². The van der Waals surface area contributed by atoms with Crippen LogP contribution in [-0.2, 0) is 15.0 Å². The fourth-order valence-electron chi connectivity index (χ4n) is 4.48. The average Bonchev–Trinajstić information content (AvgIpc) is 3.05. The maximum atomic E-state index is 13.8. The number of fused-ring (bicyclic) bond motifs is 3. The monoisotopic (exact) mass is 462 g/mol. The molecule has 2 aromatic rings. The van der Waals surface area contributed by atoms with Crippen LogP contribution in [0.5, 0.6) is 17.2 Å². The molecule has 8 heteroatoms. The lowest BCUT2D eigenvalue weighted by Crippen LogP contribution is -2.40. The van der Waals surface area contributed by atoms with Crippen LogP contribution in [0, 0.1) is 6.92 Å². The van der Waals surface area contributed by atoms with Gasteiger partial charge in [0, 0.05) is 42.8 Å². The van der Waals surface area contributed by atoms with E-state index in [1.165, 1.54) is 19.9 Å². The summed E-state index contributed by atoms with van der Waals surface area (Å²) in [5, 5.41) is 24.4. The number of allylic oxidation sites excluding steroid dienone is 4. The molecule has 0 fully saturated rings. The molecule has 0 bridgehead atoms.